The number of carbonyl (C=O) groups excluding carboxylic acids is 3. The molecule has 9 nitrogen and oxygen atoms in total. The topological polar surface area (TPSA) is 102 Å². The Hall–Kier alpha value is -3.49. The van der Waals surface area contributed by atoms with Gasteiger partial charge < -0.3 is 19.3 Å². The van der Waals surface area contributed by atoms with Gasteiger partial charge in [0.05, 0.1) is 6.61 Å². The van der Waals surface area contributed by atoms with Crippen LogP contribution in [0, 0.1) is 0 Å². The van der Waals surface area contributed by atoms with E-state index in [9.17, 15) is 14.4 Å². The first-order valence-corrected chi connectivity index (χ1v) is 11.2. The summed E-state index contributed by atoms with van der Waals surface area (Å²) in [5, 5.41) is 0. The molecule has 0 bridgehead atoms. The zero-order valence-electron chi connectivity index (χ0n) is 19.5. The van der Waals surface area contributed by atoms with E-state index in [2.05, 4.69) is 9.97 Å². The second-order valence-corrected chi connectivity index (χ2v) is 7.81. The van der Waals surface area contributed by atoms with Gasteiger partial charge in [0, 0.05) is 50.8 Å². The Morgan fingerprint density at radius 3 is 2.55 bits per heavy atom. The Balaban J connectivity index is 1.76. The molecule has 0 aliphatic carbocycles. The van der Waals surface area contributed by atoms with Crippen molar-refractivity contribution in [2.45, 2.75) is 45.6 Å². The highest BCUT2D eigenvalue weighted by atomic mass is 16.5. The van der Waals surface area contributed by atoms with Crippen molar-refractivity contribution in [2.24, 2.45) is 0 Å². The van der Waals surface area contributed by atoms with Crippen LogP contribution in [0.2, 0.25) is 0 Å². The Morgan fingerprint density at radius 2 is 1.91 bits per heavy atom. The summed E-state index contributed by atoms with van der Waals surface area (Å²) >= 11 is 0. The van der Waals surface area contributed by atoms with Crippen LogP contribution in [0.3, 0.4) is 0 Å². The number of amides is 2. The number of likely N-dealkylation sites (tertiary alicyclic amines) is 1. The minimum Gasteiger partial charge on any atom is -0.478 e. The summed E-state index contributed by atoms with van der Waals surface area (Å²) in [5.74, 6) is -0.447. The van der Waals surface area contributed by atoms with E-state index in [0.29, 0.717) is 32.0 Å². The molecule has 2 aromatic heterocycles. The number of hydrogen-bond donors (Lipinski definition) is 0. The van der Waals surface area contributed by atoms with Gasteiger partial charge in [-0.1, -0.05) is 19.1 Å². The van der Waals surface area contributed by atoms with Crippen molar-refractivity contribution in [3.05, 3.63) is 47.8 Å². The normalized spacial score (nSPS) is 17.5. The molecule has 2 amide bonds. The van der Waals surface area contributed by atoms with Gasteiger partial charge in [0.1, 0.15) is 11.7 Å². The van der Waals surface area contributed by atoms with Gasteiger partial charge >= 0.3 is 5.97 Å². The highest BCUT2D eigenvalue weighted by molar-refractivity contribution is 5.92. The van der Waals surface area contributed by atoms with Crippen molar-refractivity contribution in [2.75, 3.05) is 26.7 Å². The van der Waals surface area contributed by atoms with E-state index >= 15 is 0 Å². The van der Waals surface area contributed by atoms with Crippen LogP contribution in [0.5, 0.6) is 11.8 Å². The van der Waals surface area contributed by atoms with Gasteiger partial charge in [-0.25, -0.2) is 14.8 Å². The average molecular weight is 455 g/mol. The van der Waals surface area contributed by atoms with Crippen molar-refractivity contribution >= 4 is 17.8 Å². The third-order valence-electron chi connectivity index (χ3n) is 5.69. The Kier molecular flexibility index (Phi) is 7.97. The van der Waals surface area contributed by atoms with Crippen LogP contribution in [0.4, 0.5) is 0 Å². The molecule has 0 spiro atoms. The summed E-state index contributed by atoms with van der Waals surface area (Å²) < 4.78 is 10.9. The summed E-state index contributed by atoms with van der Waals surface area (Å²) in [6, 6.07) is 7.67. The number of hydrogen-bond acceptors (Lipinski definition) is 7. The monoisotopic (exact) mass is 454 g/mol. The van der Waals surface area contributed by atoms with Crippen LogP contribution < -0.4 is 9.47 Å². The average Bonchev–Trinajstić information content (AvgIpc) is 3.29. The number of nitrogens with zero attached hydrogens (tertiary/aromatic N) is 4. The molecule has 33 heavy (non-hydrogen) atoms. The lowest BCUT2D eigenvalue weighted by Crippen LogP contribution is -2.42. The molecule has 0 N–H and O–H groups in total. The lowest BCUT2D eigenvalue weighted by atomic mass is 9.98. The molecule has 0 aromatic carbocycles. The molecule has 1 saturated heterocycles. The minimum absolute atomic E-state index is 0.0328. The smallest absolute Gasteiger partial charge is 0.335 e. The Labute approximate surface area is 193 Å². The molecule has 1 unspecified atom stereocenters. The van der Waals surface area contributed by atoms with Crippen molar-refractivity contribution < 1.29 is 23.9 Å². The van der Waals surface area contributed by atoms with Gasteiger partial charge in [-0.05, 0) is 31.9 Å². The quantitative estimate of drug-likeness (QED) is 0.565. The maximum atomic E-state index is 13.0. The fraction of sp³-hybridized carbons (Fsp3) is 0.458. The zero-order valence-corrected chi connectivity index (χ0v) is 19.5. The molecule has 2 atom stereocenters. The molecule has 3 rings (SSSR count). The highest BCUT2D eigenvalue weighted by Crippen LogP contribution is 2.33. The number of carbonyl (C=O) groups is 3. The highest BCUT2D eigenvalue weighted by Gasteiger charge is 2.41. The molecule has 176 valence electrons. The van der Waals surface area contributed by atoms with Crippen LogP contribution >= 0.6 is 0 Å². The fourth-order valence-corrected chi connectivity index (χ4v) is 3.75. The van der Waals surface area contributed by atoms with E-state index in [4.69, 9.17) is 9.47 Å². The first kappa shape index (κ1) is 24.2. The van der Waals surface area contributed by atoms with E-state index in [1.54, 1.807) is 43.3 Å². The molecule has 2 aromatic rings. The number of rotatable bonds is 8. The van der Waals surface area contributed by atoms with E-state index in [1.165, 1.54) is 11.0 Å². The molecule has 3 heterocycles. The van der Waals surface area contributed by atoms with Crippen LogP contribution in [0.25, 0.3) is 0 Å². The van der Waals surface area contributed by atoms with Gasteiger partial charge in [0.15, 0.2) is 0 Å². The molecule has 0 saturated carbocycles. The van der Waals surface area contributed by atoms with Gasteiger partial charge in [-0.3, -0.25) is 9.59 Å². The minimum atomic E-state index is -0.742. The second-order valence-electron chi connectivity index (χ2n) is 7.81. The van der Waals surface area contributed by atoms with Crippen LogP contribution in [0.15, 0.2) is 36.5 Å². The van der Waals surface area contributed by atoms with Crippen LogP contribution in [-0.4, -0.2) is 70.3 Å². The molecule has 1 fully saturated rings. The van der Waals surface area contributed by atoms with E-state index in [-0.39, 0.29) is 35.7 Å². The van der Waals surface area contributed by atoms with Crippen molar-refractivity contribution in [3.63, 3.8) is 0 Å². The lowest BCUT2D eigenvalue weighted by molar-refractivity contribution is -0.146. The molecular formula is C24H30N4O5. The lowest BCUT2D eigenvalue weighted by Gasteiger charge is -2.22. The fourth-order valence-electron chi connectivity index (χ4n) is 3.75. The van der Waals surface area contributed by atoms with Crippen LogP contribution in [0.1, 0.15) is 55.6 Å². The Morgan fingerprint density at radius 1 is 1.12 bits per heavy atom. The summed E-state index contributed by atoms with van der Waals surface area (Å²) in [6.07, 6.45) is 2.42. The van der Waals surface area contributed by atoms with Gasteiger partial charge in [0.25, 0.3) is 5.91 Å². The predicted octanol–water partition coefficient (Wildman–Crippen LogP) is 2.67. The van der Waals surface area contributed by atoms with Gasteiger partial charge in [0.2, 0.25) is 17.7 Å². The maximum Gasteiger partial charge on any atom is 0.335 e. The first-order chi connectivity index (χ1) is 15.9. The number of esters is 1. The zero-order chi connectivity index (χ0) is 24.0. The van der Waals surface area contributed by atoms with Crippen molar-refractivity contribution in [1.82, 2.24) is 19.8 Å². The number of pyridine rings is 2. The second kappa shape index (κ2) is 10.9. The molecule has 0 radical (unpaired) electrons. The maximum absolute atomic E-state index is 13.0. The predicted molar refractivity (Wildman–Crippen MR) is 121 cm³/mol. The first-order valence-electron chi connectivity index (χ1n) is 11.2. The summed E-state index contributed by atoms with van der Waals surface area (Å²) in [7, 11) is 1.67. The van der Waals surface area contributed by atoms with Crippen molar-refractivity contribution in [1.29, 1.82) is 0 Å². The van der Waals surface area contributed by atoms with Gasteiger partial charge in [-0.2, -0.15) is 0 Å². The summed E-state index contributed by atoms with van der Waals surface area (Å²) in [5.41, 5.74) is 1.12. The molecule has 1 aliphatic heterocycles. The van der Waals surface area contributed by atoms with Crippen molar-refractivity contribution in [3.8, 4) is 11.8 Å². The summed E-state index contributed by atoms with van der Waals surface area (Å²) in [4.78, 5) is 49.5. The third-order valence-corrected chi connectivity index (χ3v) is 5.69. The van der Waals surface area contributed by atoms with E-state index < -0.39 is 12.0 Å². The molecule has 9 heteroatoms. The molecular weight excluding hydrogens is 424 g/mol. The summed E-state index contributed by atoms with van der Waals surface area (Å²) in [6.45, 7) is 6.96. The van der Waals surface area contributed by atoms with E-state index in [1.807, 2.05) is 19.9 Å². The molecule has 1 aliphatic rings. The number of aromatic nitrogens is 2. The Bertz CT molecular complexity index is 995. The number of ether oxygens (including phenoxy) is 2. The largest absolute Gasteiger partial charge is 0.478 e. The van der Waals surface area contributed by atoms with Crippen LogP contribution in [-0.2, 0) is 9.59 Å². The van der Waals surface area contributed by atoms with Gasteiger partial charge in [-0.15, -0.1) is 0 Å². The third kappa shape index (κ3) is 5.66. The van der Waals surface area contributed by atoms with E-state index in [0.717, 1.165) is 5.56 Å². The SMILES string of the molecule is CCOc1ccc(C2C[C@H](C(=O)Oc3cccc(C(=O)N(C)CC)n3)N(C(=O)CC)C2)cn1. The standard InChI is InChI=1S/C24H30N4O5/c1-5-22(29)28-15-17(16-11-12-20(25-14-16)32-7-3)13-19(28)24(31)33-21-10-8-9-18(26-21)23(30)27(4)6-2/h8-12,14,17,19H,5-7,13,15H2,1-4H3/t17?,19-/m1/s1.